The van der Waals surface area contributed by atoms with Crippen LogP contribution in [-0.4, -0.2) is 24.7 Å². The third kappa shape index (κ3) is 4.27. The van der Waals surface area contributed by atoms with E-state index in [9.17, 15) is 4.79 Å². The monoisotopic (exact) mass is 255 g/mol. The van der Waals surface area contributed by atoms with Crippen molar-refractivity contribution < 1.29 is 9.53 Å². The minimum atomic E-state index is -0.0673. The van der Waals surface area contributed by atoms with Crippen LogP contribution in [-0.2, 0) is 9.53 Å². The molecule has 0 spiro atoms. The molecule has 0 saturated heterocycles. The molecule has 1 saturated carbocycles. The lowest BCUT2D eigenvalue weighted by Gasteiger charge is -2.48. The quantitative estimate of drug-likeness (QED) is 0.767. The molecule has 18 heavy (non-hydrogen) atoms. The topological polar surface area (TPSA) is 38.3 Å². The summed E-state index contributed by atoms with van der Waals surface area (Å²) in [5.74, 6) is 0.588. The Balaban J connectivity index is 2.81. The van der Waals surface area contributed by atoms with Crippen molar-refractivity contribution in [2.75, 3.05) is 13.2 Å². The van der Waals surface area contributed by atoms with Gasteiger partial charge >= 0.3 is 5.97 Å². The summed E-state index contributed by atoms with van der Waals surface area (Å²) in [6.45, 7) is 12.3. The summed E-state index contributed by atoms with van der Waals surface area (Å²) in [6, 6.07) is 0. The maximum atomic E-state index is 11.8. The average Bonchev–Trinajstić information content (AvgIpc) is 2.13. The van der Waals surface area contributed by atoms with Crippen LogP contribution in [0.2, 0.25) is 0 Å². The van der Waals surface area contributed by atoms with Crippen LogP contribution in [0, 0.1) is 11.3 Å². The zero-order valence-corrected chi connectivity index (χ0v) is 12.6. The van der Waals surface area contributed by atoms with E-state index in [0.717, 1.165) is 19.4 Å². The van der Waals surface area contributed by atoms with Crippen molar-refractivity contribution in [2.24, 2.45) is 11.3 Å². The van der Waals surface area contributed by atoms with Gasteiger partial charge in [0.05, 0.1) is 13.0 Å². The highest BCUT2D eigenvalue weighted by Crippen LogP contribution is 2.45. The number of ether oxygens (including phenoxy) is 1. The number of carbonyl (C=O) groups is 1. The van der Waals surface area contributed by atoms with Crippen molar-refractivity contribution in [2.45, 2.75) is 65.8 Å². The Hall–Kier alpha value is -0.570. The Morgan fingerprint density at radius 2 is 2.00 bits per heavy atom. The highest BCUT2D eigenvalue weighted by molar-refractivity contribution is 5.71. The van der Waals surface area contributed by atoms with Crippen LogP contribution < -0.4 is 5.32 Å². The van der Waals surface area contributed by atoms with Crippen LogP contribution in [0.1, 0.15) is 60.3 Å². The first kappa shape index (κ1) is 15.5. The molecule has 0 aromatic heterocycles. The van der Waals surface area contributed by atoms with Gasteiger partial charge in [-0.1, -0.05) is 27.7 Å². The minimum absolute atomic E-state index is 0.0663. The summed E-state index contributed by atoms with van der Waals surface area (Å²) >= 11 is 0. The van der Waals surface area contributed by atoms with E-state index in [-0.39, 0.29) is 11.5 Å². The number of rotatable bonds is 5. The lowest BCUT2D eigenvalue weighted by atomic mass is 9.63. The zero-order chi connectivity index (χ0) is 13.8. The molecule has 1 aliphatic rings. The summed E-state index contributed by atoms with van der Waals surface area (Å²) in [5.41, 5.74) is 0.231. The second-order valence-corrected chi connectivity index (χ2v) is 6.65. The summed E-state index contributed by atoms with van der Waals surface area (Å²) in [5, 5.41) is 3.57. The normalized spacial score (nSPS) is 31.1. The van der Waals surface area contributed by atoms with Crippen LogP contribution in [0.5, 0.6) is 0 Å². The molecule has 2 unspecified atom stereocenters. The minimum Gasteiger partial charge on any atom is -0.466 e. The molecule has 1 fully saturated rings. The Labute approximate surface area is 112 Å². The summed E-state index contributed by atoms with van der Waals surface area (Å²) in [4.78, 5) is 11.8. The fourth-order valence-corrected chi connectivity index (χ4v) is 3.94. The van der Waals surface area contributed by atoms with Gasteiger partial charge in [-0.2, -0.15) is 0 Å². The third-order valence-corrected chi connectivity index (χ3v) is 3.80. The molecule has 0 aromatic carbocycles. The maximum absolute atomic E-state index is 11.8. The van der Waals surface area contributed by atoms with E-state index in [1.54, 1.807) is 0 Å². The SMILES string of the molecule is CCNC1(CC(=O)OCC)CC(C)CC(C)(C)C1. The predicted octanol–water partition coefficient (Wildman–Crippen LogP) is 3.13. The molecule has 0 heterocycles. The van der Waals surface area contributed by atoms with E-state index >= 15 is 0 Å². The van der Waals surface area contributed by atoms with Gasteiger partial charge in [0, 0.05) is 5.54 Å². The number of esters is 1. The molecule has 2 atom stereocenters. The summed E-state index contributed by atoms with van der Waals surface area (Å²) in [6.07, 6.45) is 3.87. The first-order chi connectivity index (χ1) is 8.32. The third-order valence-electron chi connectivity index (χ3n) is 3.80. The summed E-state index contributed by atoms with van der Waals surface area (Å²) in [7, 11) is 0. The Bertz CT molecular complexity index is 288. The second-order valence-electron chi connectivity index (χ2n) is 6.65. The second kappa shape index (κ2) is 6.05. The van der Waals surface area contributed by atoms with E-state index in [1.807, 2.05) is 6.92 Å². The van der Waals surface area contributed by atoms with Crippen molar-refractivity contribution in [3.05, 3.63) is 0 Å². The molecule has 0 aromatic rings. The molecule has 0 bridgehead atoms. The van der Waals surface area contributed by atoms with Gasteiger partial charge in [-0.05, 0) is 44.1 Å². The molecule has 0 amide bonds. The highest BCUT2D eigenvalue weighted by Gasteiger charge is 2.43. The van der Waals surface area contributed by atoms with Gasteiger partial charge in [-0.15, -0.1) is 0 Å². The average molecular weight is 255 g/mol. The van der Waals surface area contributed by atoms with Crippen LogP contribution in [0.15, 0.2) is 0 Å². The van der Waals surface area contributed by atoms with Crippen LogP contribution >= 0.6 is 0 Å². The van der Waals surface area contributed by atoms with Gasteiger partial charge in [0.25, 0.3) is 0 Å². The lowest BCUT2D eigenvalue weighted by Crippen LogP contribution is -2.53. The molecule has 106 valence electrons. The van der Waals surface area contributed by atoms with Gasteiger partial charge in [0.2, 0.25) is 0 Å². The van der Waals surface area contributed by atoms with Crippen molar-refractivity contribution >= 4 is 5.97 Å². The molecule has 0 radical (unpaired) electrons. The van der Waals surface area contributed by atoms with E-state index in [4.69, 9.17) is 4.74 Å². The Morgan fingerprint density at radius 1 is 1.33 bits per heavy atom. The fourth-order valence-electron chi connectivity index (χ4n) is 3.94. The van der Waals surface area contributed by atoms with Crippen molar-refractivity contribution in [1.82, 2.24) is 5.32 Å². The molecule has 3 heteroatoms. The van der Waals surface area contributed by atoms with Gasteiger partial charge in [0.1, 0.15) is 0 Å². The number of hydrogen-bond acceptors (Lipinski definition) is 3. The van der Waals surface area contributed by atoms with Crippen molar-refractivity contribution in [1.29, 1.82) is 0 Å². The van der Waals surface area contributed by atoms with Crippen LogP contribution in [0.4, 0.5) is 0 Å². The first-order valence-electron chi connectivity index (χ1n) is 7.23. The molecule has 1 aliphatic carbocycles. The molecule has 0 aliphatic heterocycles. The van der Waals surface area contributed by atoms with Gasteiger partial charge in [0.15, 0.2) is 0 Å². The number of hydrogen-bond donors (Lipinski definition) is 1. The van der Waals surface area contributed by atoms with E-state index in [1.165, 1.54) is 6.42 Å². The molecular weight excluding hydrogens is 226 g/mol. The van der Waals surface area contributed by atoms with Gasteiger partial charge in [-0.3, -0.25) is 4.79 Å². The van der Waals surface area contributed by atoms with E-state index in [2.05, 4.69) is 33.0 Å². The lowest BCUT2D eigenvalue weighted by molar-refractivity contribution is -0.146. The van der Waals surface area contributed by atoms with E-state index < -0.39 is 0 Å². The maximum Gasteiger partial charge on any atom is 0.307 e. The Morgan fingerprint density at radius 3 is 2.50 bits per heavy atom. The standard InChI is InChI=1S/C15H29NO2/c1-6-16-15(10-13(17)18-7-2)9-12(3)8-14(4,5)11-15/h12,16H,6-11H2,1-5H3. The Kier molecular flexibility index (Phi) is 5.20. The predicted molar refractivity (Wildman–Crippen MR) is 74.5 cm³/mol. The smallest absolute Gasteiger partial charge is 0.307 e. The zero-order valence-electron chi connectivity index (χ0n) is 12.6. The molecular formula is C15H29NO2. The first-order valence-corrected chi connectivity index (χ1v) is 7.23. The van der Waals surface area contributed by atoms with Crippen LogP contribution in [0.25, 0.3) is 0 Å². The molecule has 1 rings (SSSR count). The van der Waals surface area contributed by atoms with Crippen molar-refractivity contribution in [3.8, 4) is 0 Å². The molecule has 3 nitrogen and oxygen atoms in total. The number of nitrogens with one attached hydrogen (secondary N) is 1. The van der Waals surface area contributed by atoms with Crippen molar-refractivity contribution in [3.63, 3.8) is 0 Å². The van der Waals surface area contributed by atoms with E-state index in [0.29, 0.717) is 24.4 Å². The largest absolute Gasteiger partial charge is 0.466 e. The van der Waals surface area contributed by atoms with Gasteiger partial charge in [-0.25, -0.2) is 0 Å². The highest BCUT2D eigenvalue weighted by atomic mass is 16.5. The van der Waals surface area contributed by atoms with Gasteiger partial charge < -0.3 is 10.1 Å². The number of carbonyl (C=O) groups excluding carboxylic acids is 1. The summed E-state index contributed by atoms with van der Waals surface area (Å²) < 4.78 is 5.14. The van der Waals surface area contributed by atoms with Crippen LogP contribution in [0.3, 0.4) is 0 Å². The molecule has 1 N–H and O–H groups in total. The fraction of sp³-hybridized carbons (Fsp3) is 0.933.